The number of hydrogen-bond donors (Lipinski definition) is 2. The van der Waals surface area contributed by atoms with Crippen LogP contribution in [0.25, 0.3) is 0 Å². The molecule has 0 spiro atoms. The van der Waals surface area contributed by atoms with Gasteiger partial charge in [0.2, 0.25) is 6.23 Å². The normalized spacial score (nSPS) is 25.3. The number of ether oxygens (including phenoxy) is 1. The molecule has 0 aromatic carbocycles. The molecule has 1 heterocycles. The fraction of sp³-hybridized carbons (Fsp3) is 0.667. The summed E-state index contributed by atoms with van der Waals surface area (Å²) >= 11 is 0. The number of nitrogens with two attached hydrogens (primary N) is 1. The number of carbonyl (C=O) groups is 2. The lowest BCUT2D eigenvalue weighted by atomic mass is 10.0. The number of hydrogen-bond acceptors (Lipinski definition) is 8. The van der Waals surface area contributed by atoms with E-state index in [-0.39, 0.29) is 11.5 Å². The highest BCUT2D eigenvalue weighted by molar-refractivity contribution is 5.95. The van der Waals surface area contributed by atoms with Crippen LogP contribution in [0.15, 0.2) is 5.16 Å². The van der Waals surface area contributed by atoms with Crippen molar-refractivity contribution < 1.29 is 50.7 Å². The Morgan fingerprint density at radius 3 is 2.13 bits per heavy atom. The van der Waals surface area contributed by atoms with Gasteiger partial charge in [0, 0.05) is 6.54 Å². The lowest BCUT2D eigenvalue weighted by Gasteiger charge is -2.35. The molecule has 1 rings (SSSR count). The van der Waals surface area contributed by atoms with Gasteiger partial charge in [-0.05, 0) is 6.42 Å². The molecular weight excluding hydrogens is 344 g/mol. The average molecular weight is 353 g/mol. The predicted molar refractivity (Wildman–Crippen MR) is 56.6 cm³/mol. The van der Waals surface area contributed by atoms with Gasteiger partial charge >= 0.3 is 24.3 Å². The van der Waals surface area contributed by atoms with E-state index < -0.39 is 48.8 Å². The van der Waals surface area contributed by atoms with Crippen LogP contribution >= 0.6 is 0 Å². The van der Waals surface area contributed by atoms with Crippen LogP contribution in [0.3, 0.4) is 0 Å². The Kier molecular flexibility index (Phi) is 5.42. The van der Waals surface area contributed by atoms with E-state index in [0.29, 0.717) is 0 Å². The van der Waals surface area contributed by atoms with Gasteiger partial charge in [-0.25, -0.2) is 9.59 Å². The van der Waals surface area contributed by atoms with Crippen LogP contribution in [0.4, 0.5) is 26.3 Å². The summed E-state index contributed by atoms with van der Waals surface area (Å²) in [6, 6.07) is -1.23. The molecule has 0 saturated carbocycles. The lowest BCUT2D eigenvalue weighted by Crippen LogP contribution is -2.58. The lowest BCUT2D eigenvalue weighted by molar-refractivity contribution is -0.269. The van der Waals surface area contributed by atoms with Crippen molar-refractivity contribution in [3.63, 3.8) is 0 Å². The Bertz CT molecular complexity index is 505. The number of hydroxylamine groups is 2. The highest BCUT2D eigenvalue weighted by Crippen LogP contribution is 2.24. The molecule has 1 fully saturated rings. The average Bonchev–Trinajstić information content (AvgIpc) is 2.39. The first-order chi connectivity index (χ1) is 10.4. The molecule has 2 unspecified atom stereocenters. The third-order valence-corrected chi connectivity index (χ3v) is 2.55. The highest BCUT2D eigenvalue weighted by Gasteiger charge is 2.49. The van der Waals surface area contributed by atoms with Gasteiger partial charge in [-0.15, -0.1) is 0 Å². The summed E-state index contributed by atoms with van der Waals surface area (Å²) in [7, 11) is 0. The Hall–Kier alpha value is -2.09. The number of oxime groups is 1. The van der Waals surface area contributed by atoms with E-state index in [1.165, 1.54) is 0 Å². The zero-order valence-corrected chi connectivity index (χ0v) is 10.9. The third kappa shape index (κ3) is 4.69. The fourth-order valence-electron chi connectivity index (χ4n) is 1.52. The zero-order valence-electron chi connectivity index (χ0n) is 10.9. The molecule has 3 N–H and O–H groups in total. The predicted octanol–water partition coefficient (Wildman–Crippen LogP) is 0.302. The first kappa shape index (κ1) is 19.0. The molecule has 132 valence electrons. The minimum atomic E-state index is -5.48. The van der Waals surface area contributed by atoms with Gasteiger partial charge < -0.3 is 20.5 Å². The SMILES string of the molecule is NC1CCN(OC(=O)C(F)(F)F)C(OC(=O)C(F)(F)F)/C1=N/O. The van der Waals surface area contributed by atoms with Gasteiger partial charge in [0.25, 0.3) is 0 Å². The molecule has 2 atom stereocenters. The molecule has 0 aromatic rings. The summed E-state index contributed by atoms with van der Waals surface area (Å²) in [6.45, 7) is -0.599. The molecule has 0 aliphatic carbocycles. The van der Waals surface area contributed by atoms with Crippen LogP contribution in [0, 0.1) is 0 Å². The van der Waals surface area contributed by atoms with Crippen molar-refractivity contribution in [2.24, 2.45) is 10.9 Å². The summed E-state index contributed by atoms with van der Waals surface area (Å²) in [6.07, 6.45) is -13.5. The Balaban J connectivity index is 3.02. The van der Waals surface area contributed by atoms with Gasteiger partial charge in [0.15, 0.2) is 0 Å². The molecule has 1 aliphatic rings. The van der Waals surface area contributed by atoms with Crippen molar-refractivity contribution in [2.45, 2.75) is 31.0 Å². The van der Waals surface area contributed by atoms with Crippen molar-refractivity contribution in [3.8, 4) is 0 Å². The van der Waals surface area contributed by atoms with Gasteiger partial charge in [-0.3, -0.25) is 0 Å². The van der Waals surface area contributed by atoms with Crippen LogP contribution in [-0.2, 0) is 19.2 Å². The molecule has 0 radical (unpaired) electrons. The zero-order chi connectivity index (χ0) is 18.0. The standard InChI is InChI=1S/C9H9F6N3O5/c10-8(11,12)6(19)22-5-4(17-21)3(16)1-2-18(5)23-7(20)9(13,14)15/h3,5,21H,1-2,16H2/b17-4+. The Morgan fingerprint density at radius 1 is 1.17 bits per heavy atom. The first-order valence-corrected chi connectivity index (χ1v) is 5.69. The number of piperidine rings is 1. The second-order valence-electron chi connectivity index (χ2n) is 4.19. The summed E-state index contributed by atoms with van der Waals surface area (Å²) in [5.41, 5.74) is 4.57. The minimum absolute atomic E-state index is 0.0160. The molecule has 1 aliphatic heterocycles. The van der Waals surface area contributed by atoms with E-state index in [9.17, 15) is 35.9 Å². The van der Waals surface area contributed by atoms with E-state index >= 15 is 0 Å². The Morgan fingerprint density at radius 2 is 1.70 bits per heavy atom. The fourth-order valence-corrected chi connectivity index (χ4v) is 1.52. The van der Waals surface area contributed by atoms with E-state index in [1.54, 1.807) is 0 Å². The van der Waals surface area contributed by atoms with Crippen LogP contribution in [0.1, 0.15) is 6.42 Å². The van der Waals surface area contributed by atoms with Gasteiger partial charge in [0.1, 0.15) is 5.71 Å². The molecule has 8 nitrogen and oxygen atoms in total. The third-order valence-electron chi connectivity index (χ3n) is 2.55. The van der Waals surface area contributed by atoms with Gasteiger partial charge in [0.05, 0.1) is 6.04 Å². The number of rotatable bonds is 2. The maximum absolute atomic E-state index is 12.2. The molecule has 23 heavy (non-hydrogen) atoms. The molecule has 1 saturated heterocycles. The van der Waals surface area contributed by atoms with E-state index in [4.69, 9.17) is 10.9 Å². The summed E-state index contributed by atoms with van der Waals surface area (Å²) in [4.78, 5) is 25.4. The van der Waals surface area contributed by atoms with Crippen molar-refractivity contribution in [1.29, 1.82) is 0 Å². The molecule has 0 bridgehead atoms. The first-order valence-electron chi connectivity index (χ1n) is 5.69. The summed E-state index contributed by atoms with van der Waals surface area (Å²) in [5.74, 6) is -5.57. The topological polar surface area (TPSA) is 114 Å². The maximum Gasteiger partial charge on any atom is 0.492 e. The second kappa shape index (κ2) is 6.57. The van der Waals surface area contributed by atoms with Crippen molar-refractivity contribution in [3.05, 3.63) is 0 Å². The highest BCUT2D eigenvalue weighted by atomic mass is 19.4. The largest absolute Gasteiger partial charge is 0.492 e. The monoisotopic (exact) mass is 353 g/mol. The maximum atomic E-state index is 12.2. The van der Waals surface area contributed by atoms with Crippen LogP contribution < -0.4 is 5.73 Å². The molecule has 0 aromatic heterocycles. The summed E-state index contributed by atoms with van der Waals surface area (Å²) in [5, 5.41) is 11.2. The van der Waals surface area contributed by atoms with Crippen molar-refractivity contribution in [1.82, 2.24) is 5.06 Å². The van der Waals surface area contributed by atoms with Crippen LogP contribution in [-0.4, -0.2) is 59.1 Å². The second-order valence-corrected chi connectivity index (χ2v) is 4.19. The smallest absolute Gasteiger partial charge is 0.431 e. The number of nitrogens with zero attached hydrogens (tertiary/aromatic N) is 2. The quantitative estimate of drug-likeness (QED) is 0.318. The number of esters is 1. The van der Waals surface area contributed by atoms with Crippen LogP contribution in [0.2, 0.25) is 0 Å². The summed E-state index contributed by atoms with van der Waals surface area (Å²) < 4.78 is 76.9. The Labute approximate surface area is 123 Å². The van der Waals surface area contributed by atoms with E-state index in [2.05, 4.69) is 14.7 Å². The molecular formula is C9H9F6N3O5. The van der Waals surface area contributed by atoms with Crippen LogP contribution in [0.5, 0.6) is 0 Å². The molecule has 14 heteroatoms. The van der Waals surface area contributed by atoms with Gasteiger partial charge in [-0.1, -0.05) is 10.2 Å². The van der Waals surface area contributed by atoms with Gasteiger partial charge in [-0.2, -0.15) is 26.3 Å². The van der Waals surface area contributed by atoms with E-state index in [0.717, 1.165) is 0 Å². The number of carbonyl (C=O) groups excluding carboxylic acids is 2. The molecule has 0 amide bonds. The number of alkyl halides is 6. The minimum Gasteiger partial charge on any atom is -0.431 e. The van der Waals surface area contributed by atoms with Crippen molar-refractivity contribution >= 4 is 17.7 Å². The van der Waals surface area contributed by atoms with Crippen molar-refractivity contribution in [2.75, 3.05) is 6.54 Å². The number of halogens is 6. The van der Waals surface area contributed by atoms with E-state index in [1.807, 2.05) is 0 Å².